The average molecular weight is 410 g/mol. The van der Waals surface area contributed by atoms with Crippen LogP contribution in [0.4, 0.5) is 5.69 Å². The fraction of sp³-hybridized carbons (Fsp3) is 0.348. The van der Waals surface area contributed by atoms with Gasteiger partial charge in [0.1, 0.15) is 11.4 Å². The maximum atomic E-state index is 5.49. The number of hydrogen-bond donors (Lipinski definition) is 0. The van der Waals surface area contributed by atoms with Gasteiger partial charge in [-0.25, -0.2) is 4.99 Å². The summed E-state index contributed by atoms with van der Waals surface area (Å²) < 4.78 is 13.3. The van der Waals surface area contributed by atoms with Crippen molar-refractivity contribution in [1.29, 1.82) is 0 Å². The number of nitrogens with zero attached hydrogens (tertiary/aromatic N) is 3. The Labute approximate surface area is 175 Å². The van der Waals surface area contributed by atoms with Crippen LogP contribution in [0.1, 0.15) is 6.42 Å². The molecule has 0 amide bonds. The van der Waals surface area contributed by atoms with Crippen molar-refractivity contribution >= 4 is 17.0 Å². The molecule has 2 aromatic carbocycles. The quantitative estimate of drug-likeness (QED) is 0.588. The maximum Gasteiger partial charge on any atom is 0.190 e. The van der Waals surface area contributed by atoms with Crippen LogP contribution in [0.15, 0.2) is 65.0 Å². The van der Waals surface area contributed by atoms with Gasteiger partial charge in [-0.1, -0.05) is 42.5 Å². The molecule has 0 N–H and O–H groups in total. The number of rotatable bonds is 7. The standard InChI is InChI=1S/C23H27N3O2S/c1-27-22-11-6-5-10-20(22)24-23-26(13-7-12-25-14-16-28-17-15-25)21(18-29-23)19-8-3-2-4-9-19/h2-6,8-11,18H,7,12-17H2,1H3. The molecular formula is C23H27N3O2S. The van der Waals surface area contributed by atoms with Crippen LogP contribution in [0, 0.1) is 0 Å². The molecule has 2 heterocycles. The summed E-state index contributed by atoms with van der Waals surface area (Å²) in [5.74, 6) is 0.794. The van der Waals surface area contributed by atoms with E-state index in [0.29, 0.717) is 0 Å². The minimum Gasteiger partial charge on any atom is -0.494 e. The molecule has 29 heavy (non-hydrogen) atoms. The van der Waals surface area contributed by atoms with Gasteiger partial charge in [0.05, 0.1) is 26.0 Å². The molecule has 1 saturated heterocycles. The molecule has 0 radical (unpaired) electrons. The number of hydrogen-bond acceptors (Lipinski definition) is 5. The van der Waals surface area contributed by atoms with Crippen molar-refractivity contribution in [1.82, 2.24) is 9.47 Å². The first-order valence-corrected chi connectivity index (χ1v) is 10.9. The van der Waals surface area contributed by atoms with Crippen molar-refractivity contribution in [3.63, 3.8) is 0 Å². The van der Waals surface area contributed by atoms with Gasteiger partial charge in [0.2, 0.25) is 0 Å². The Morgan fingerprint density at radius 1 is 1.00 bits per heavy atom. The van der Waals surface area contributed by atoms with E-state index in [1.807, 2.05) is 24.3 Å². The molecule has 3 aromatic rings. The van der Waals surface area contributed by atoms with E-state index in [1.165, 1.54) is 11.3 Å². The van der Waals surface area contributed by atoms with Gasteiger partial charge in [0.25, 0.3) is 0 Å². The summed E-state index contributed by atoms with van der Waals surface area (Å²) in [6.45, 7) is 5.74. The Bertz CT molecular complexity index is 975. The lowest BCUT2D eigenvalue weighted by atomic mass is 10.2. The molecule has 0 atom stereocenters. The number of aromatic nitrogens is 1. The molecular weight excluding hydrogens is 382 g/mol. The molecule has 152 valence electrons. The van der Waals surface area contributed by atoms with Crippen LogP contribution in [0.5, 0.6) is 5.75 Å². The van der Waals surface area contributed by atoms with E-state index in [1.54, 1.807) is 18.4 Å². The van der Waals surface area contributed by atoms with E-state index >= 15 is 0 Å². The summed E-state index contributed by atoms with van der Waals surface area (Å²) >= 11 is 1.68. The van der Waals surface area contributed by atoms with Crippen LogP contribution in [0.25, 0.3) is 11.3 Å². The Hall–Kier alpha value is -2.41. The summed E-state index contributed by atoms with van der Waals surface area (Å²) in [6, 6.07) is 18.5. The summed E-state index contributed by atoms with van der Waals surface area (Å²) in [5, 5.41) is 2.21. The zero-order valence-corrected chi connectivity index (χ0v) is 17.6. The molecule has 0 saturated carbocycles. The van der Waals surface area contributed by atoms with Gasteiger partial charge in [-0.3, -0.25) is 4.90 Å². The molecule has 0 aliphatic carbocycles. The van der Waals surface area contributed by atoms with Gasteiger partial charge in [0, 0.05) is 31.6 Å². The highest BCUT2D eigenvalue weighted by Gasteiger charge is 2.12. The number of methoxy groups -OCH3 is 1. The molecule has 1 aliphatic heterocycles. The van der Waals surface area contributed by atoms with Crippen molar-refractivity contribution < 1.29 is 9.47 Å². The average Bonchev–Trinajstić information content (AvgIpc) is 3.18. The topological polar surface area (TPSA) is 39.0 Å². The van der Waals surface area contributed by atoms with E-state index in [0.717, 1.165) is 62.1 Å². The van der Waals surface area contributed by atoms with Gasteiger partial charge >= 0.3 is 0 Å². The van der Waals surface area contributed by atoms with E-state index < -0.39 is 0 Å². The molecule has 1 aliphatic rings. The minimum absolute atomic E-state index is 0.794. The Balaban J connectivity index is 1.64. The van der Waals surface area contributed by atoms with Crippen molar-refractivity contribution in [3.8, 4) is 17.0 Å². The van der Waals surface area contributed by atoms with E-state index in [2.05, 4.69) is 45.2 Å². The minimum atomic E-state index is 0.794. The fourth-order valence-electron chi connectivity index (χ4n) is 3.58. The third-order valence-electron chi connectivity index (χ3n) is 5.13. The van der Waals surface area contributed by atoms with Crippen molar-refractivity contribution in [2.24, 2.45) is 4.99 Å². The molecule has 1 fully saturated rings. The first kappa shape index (κ1) is 19.9. The Morgan fingerprint density at radius 3 is 2.55 bits per heavy atom. The van der Waals surface area contributed by atoms with Crippen molar-refractivity contribution in [2.45, 2.75) is 13.0 Å². The molecule has 4 rings (SSSR count). The highest BCUT2D eigenvalue weighted by atomic mass is 32.1. The first-order valence-electron chi connectivity index (χ1n) is 10.1. The van der Waals surface area contributed by atoms with E-state index in [4.69, 9.17) is 14.5 Å². The smallest absolute Gasteiger partial charge is 0.190 e. The van der Waals surface area contributed by atoms with E-state index in [9.17, 15) is 0 Å². The number of benzene rings is 2. The summed E-state index contributed by atoms with van der Waals surface area (Å²) in [7, 11) is 1.69. The SMILES string of the molecule is COc1ccccc1N=c1scc(-c2ccccc2)n1CCCN1CCOCC1. The highest BCUT2D eigenvalue weighted by Crippen LogP contribution is 2.27. The van der Waals surface area contributed by atoms with Gasteiger partial charge < -0.3 is 14.0 Å². The Morgan fingerprint density at radius 2 is 1.76 bits per heavy atom. The van der Waals surface area contributed by atoms with E-state index in [-0.39, 0.29) is 0 Å². The summed E-state index contributed by atoms with van der Waals surface area (Å²) in [6.07, 6.45) is 1.08. The third kappa shape index (κ3) is 4.96. The van der Waals surface area contributed by atoms with Crippen LogP contribution >= 0.6 is 11.3 Å². The lowest BCUT2D eigenvalue weighted by Gasteiger charge is -2.26. The summed E-state index contributed by atoms with van der Waals surface area (Å²) in [4.78, 5) is 8.42. The molecule has 0 spiro atoms. The second kappa shape index (κ2) is 9.87. The third-order valence-corrected chi connectivity index (χ3v) is 5.99. The second-order valence-corrected chi connectivity index (χ2v) is 7.85. The predicted octanol–water partition coefficient (Wildman–Crippen LogP) is 4.18. The Kier molecular flexibility index (Phi) is 6.77. The number of thiazole rings is 1. The number of ether oxygens (including phenoxy) is 2. The van der Waals surface area contributed by atoms with Gasteiger partial charge in [0.15, 0.2) is 4.80 Å². The van der Waals surface area contributed by atoms with Crippen LogP contribution in [0.3, 0.4) is 0 Å². The zero-order valence-electron chi connectivity index (χ0n) is 16.8. The lowest BCUT2D eigenvalue weighted by molar-refractivity contribution is 0.0369. The van der Waals surface area contributed by atoms with Crippen LogP contribution < -0.4 is 9.54 Å². The normalized spacial score (nSPS) is 15.6. The predicted molar refractivity (Wildman–Crippen MR) is 118 cm³/mol. The fourth-order valence-corrected chi connectivity index (χ4v) is 4.53. The van der Waals surface area contributed by atoms with Crippen LogP contribution in [-0.2, 0) is 11.3 Å². The molecule has 6 heteroatoms. The van der Waals surface area contributed by atoms with Crippen LogP contribution in [-0.4, -0.2) is 49.4 Å². The van der Waals surface area contributed by atoms with Gasteiger partial charge in [-0.05, 0) is 24.1 Å². The first-order chi connectivity index (χ1) is 14.3. The monoisotopic (exact) mass is 409 g/mol. The summed E-state index contributed by atoms with van der Waals surface area (Å²) in [5.41, 5.74) is 3.29. The molecule has 1 aromatic heterocycles. The zero-order chi connectivity index (χ0) is 19.9. The van der Waals surface area contributed by atoms with Crippen molar-refractivity contribution in [3.05, 3.63) is 64.8 Å². The van der Waals surface area contributed by atoms with Crippen molar-refractivity contribution in [2.75, 3.05) is 40.0 Å². The molecule has 5 nitrogen and oxygen atoms in total. The highest BCUT2D eigenvalue weighted by molar-refractivity contribution is 7.07. The van der Waals surface area contributed by atoms with Crippen LogP contribution in [0.2, 0.25) is 0 Å². The molecule has 0 unspecified atom stereocenters. The maximum absolute atomic E-state index is 5.49. The largest absolute Gasteiger partial charge is 0.494 e. The number of morpholine rings is 1. The number of para-hydroxylation sites is 2. The van der Waals surface area contributed by atoms with Gasteiger partial charge in [-0.15, -0.1) is 11.3 Å². The lowest BCUT2D eigenvalue weighted by Crippen LogP contribution is -2.37. The van der Waals surface area contributed by atoms with Gasteiger partial charge in [-0.2, -0.15) is 0 Å². The molecule has 0 bridgehead atoms. The second-order valence-electron chi connectivity index (χ2n) is 7.01.